The minimum absolute atomic E-state index is 0.177. The lowest BCUT2D eigenvalue weighted by Crippen LogP contribution is -2.25. The van der Waals surface area contributed by atoms with Crippen LogP contribution in [0.2, 0.25) is 5.02 Å². The van der Waals surface area contributed by atoms with E-state index in [1.54, 1.807) is 0 Å². The molecule has 1 N–H and O–H groups in total. The summed E-state index contributed by atoms with van der Waals surface area (Å²) in [6.07, 6.45) is 2.82. The molecule has 1 atom stereocenters. The molecule has 0 aliphatic heterocycles. The second-order valence-electron chi connectivity index (χ2n) is 5.59. The standard InChI is InChI=1S/C16H17ClN2O2/c1-10-2-7-14-13(8-10)15(19-21-14)16(20)18-9-11-3-5-12(17)6-4-11/h3-6,10H,2,7-9H2,1H3,(H,18,20)/t10-/m0/s1. The molecule has 0 fully saturated rings. The SMILES string of the molecule is C[C@H]1CCc2onc(C(=O)NCc3ccc(Cl)cc3)c2C1. The molecule has 21 heavy (non-hydrogen) atoms. The van der Waals surface area contributed by atoms with Crippen molar-refractivity contribution < 1.29 is 9.32 Å². The van der Waals surface area contributed by atoms with Crippen molar-refractivity contribution >= 4 is 17.5 Å². The summed E-state index contributed by atoms with van der Waals surface area (Å²) in [6, 6.07) is 7.40. The highest BCUT2D eigenvalue weighted by Crippen LogP contribution is 2.27. The summed E-state index contributed by atoms with van der Waals surface area (Å²) in [5.74, 6) is 1.26. The van der Waals surface area contributed by atoms with Gasteiger partial charge in [-0.15, -0.1) is 0 Å². The van der Waals surface area contributed by atoms with Gasteiger partial charge in [0.2, 0.25) is 0 Å². The number of hydrogen-bond donors (Lipinski definition) is 1. The Morgan fingerprint density at radius 3 is 2.95 bits per heavy atom. The molecule has 1 amide bonds. The number of carbonyl (C=O) groups is 1. The molecule has 0 spiro atoms. The van der Waals surface area contributed by atoms with Crippen LogP contribution in [-0.2, 0) is 19.4 Å². The highest BCUT2D eigenvalue weighted by molar-refractivity contribution is 6.30. The van der Waals surface area contributed by atoms with E-state index < -0.39 is 0 Å². The molecule has 1 aliphatic carbocycles. The van der Waals surface area contributed by atoms with Crippen LogP contribution in [0.5, 0.6) is 0 Å². The van der Waals surface area contributed by atoms with Gasteiger partial charge in [-0.3, -0.25) is 4.79 Å². The Bertz CT molecular complexity index is 649. The summed E-state index contributed by atoms with van der Waals surface area (Å²) in [6.45, 7) is 2.64. The predicted octanol–water partition coefficient (Wildman–Crippen LogP) is 3.38. The van der Waals surface area contributed by atoms with Crippen molar-refractivity contribution in [1.82, 2.24) is 10.5 Å². The smallest absolute Gasteiger partial charge is 0.274 e. The zero-order chi connectivity index (χ0) is 14.8. The number of fused-ring (bicyclic) bond motifs is 1. The first kappa shape index (κ1) is 14.1. The third-order valence-electron chi connectivity index (χ3n) is 3.87. The van der Waals surface area contributed by atoms with Crippen molar-refractivity contribution in [2.24, 2.45) is 5.92 Å². The number of hydrogen-bond acceptors (Lipinski definition) is 3. The molecule has 3 rings (SSSR count). The molecule has 4 nitrogen and oxygen atoms in total. The van der Waals surface area contributed by atoms with Crippen molar-refractivity contribution in [1.29, 1.82) is 0 Å². The van der Waals surface area contributed by atoms with Gasteiger partial charge >= 0.3 is 0 Å². The van der Waals surface area contributed by atoms with Crippen LogP contribution in [-0.4, -0.2) is 11.1 Å². The van der Waals surface area contributed by atoms with Crippen LogP contribution in [0.15, 0.2) is 28.8 Å². The minimum Gasteiger partial charge on any atom is -0.360 e. The van der Waals surface area contributed by atoms with Gasteiger partial charge in [0.1, 0.15) is 5.76 Å². The van der Waals surface area contributed by atoms with Gasteiger partial charge in [-0.05, 0) is 36.5 Å². The average Bonchev–Trinajstić information content (AvgIpc) is 2.89. The van der Waals surface area contributed by atoms with Crippen LogP contribution < -0.4 is 5.32 Å². The molecule has 1 heterocycles. The molecular weight excluding hydrogens is 288 g/mol. The maximum atomic E-state index is 12.3. The fraction of sp³-hybridized carbons (Fsp3) is 0.375. The first-order valence-corrected chi connectivity index (χ1v) is 7.51. The number of amides is 1. The number of nitrogens with one attached hydrogen (secondary N) is 1. The number of aryl methyl sites for hydroxylation is 1. The van der Waals surface area contributed by atoms with Gasteiger partial charge in [-0.25, -0.2) is 0 Å². The lowest BCUT2D eigenvalue weighted by molar-refractivity contribution is 0.0941. The number of benzene rings is 1. The van der Waals surface area contributed by atoms with Crippen molar-refractivity contribution in [3.8, 4) is 0 Å². The van der Waals surface area contributed by atoms with E-state index in [9.17, 15) is 4.79 Å². The molecule has 1 aromatic carbocycles. The van der Waals surface area contributed by atoms with E-state index in [1.165, 1.54) is 0 Å². The highest BCUT2D eigenvalue weighted by atomic mass is 35.5. The molecule has 0 bridgehead atoms. The highest BCUT2D eigenvalue weighted by Gasteiger charge is 2.26. The van der Waals surface area contributed by atoms with E-state index in [0.29, 0.717) is 23.2 Å². The topological polar surface area (TPSA) is 55.1 Å². The number of nitrogens with zero attached hydrogens (tertiary/aromatic N) is 1. The summed E-state index contributed by atoms with van der Waals surface area (Å²) in [4.78, 5) is 12.3. The summed E-state index contributed by atoms with van der Waals surface area (Å²) < 4.78 is 5.30. The number of halogens is 1. The Labute approximate surface area is 128 Å². The lowest BCUT2D eigenvalue weighted by atomic mass is 9.88. The monoisotopic (exact) mass is 304 g/mol. The molecule has 0 saturated carbocycles. The first-order chi connectivity index (χ1) is 10.1. The molecule has 0 radical (unpaired) electrons. The van der Waals surface area contributed by atoms with Gasteiger partial charge < -0.3 is 9.84 Å². The Hall–Kier alpha value is -1.81. The summed E-state index contributed by atoms with van der Waals surface area (Å²) in [5.41, 5.74) is 2.41. The predicted molar refractivity (Wildman–Crippen MR) is 80.3 cm³/mol. The first-order valence-electron chi connectivity index (χ1n) is 7.13. The lowest BCUT2D eigenvalue weighted by Gasteiger charge is -2.16. The molecule has 0 saturated heterocycles. The van der Waals surface area contributed by atoms with E-state index in [0.717, 1.165) is 36.1 Å². The Morgan fingerprint density at radius 2 is 2.19 bits per heavy atom. The van der Waals surface area contributed by atoms with Gasteiger partial charge in [-0.2, -0.15) is 0 Å². The molecule has 1 aliphatic rings. The molecule has 2 aromatic rings. The normalized spacial score (nSPS) is 17.3. The average molecular weight is 305 g/mol. The van der Waals surface area contributed by atoms with E-state index in [-0.39, 0.29) is 5.91 Å². The second-order valence-corrected chi connectivity index (χ2v) is 6.03. The fourth-order valence-electron chi connectivity index (χ4n) is 2.62. The Morgan fingerprint density at radius 1 is 1.43 bits per heavy atom. The van der Waals surface area contributed by atoms with Crippen molar-refractivity contribution in [2.75, 3.05) is 0 Å². The van der Waals surface area contributed by atoms with Crippen LogP contribution >= 0.6 is 11.6 Å². The van der Waals surface area contributed by atoms with Gasteiger partial charge in [0.05, 0.1) is 0 Å². The van der Waals surface area contributed by atoms with E-state index in [4.69, 9.17) is 16.1 Å². The van der Waals surface area contributed by atoms with E-state index in [2.05, 4.69) is 17.4 Å². The molecule has 110 valence electrons. The Balaban J connectivity index is 1.68. The molecule has 0 unspecified atom stereocenters. The van der Waals surface area contributed by atoms with Crippen LogP contribution in [0.4, 0.5) is 0 Å². The summed E-state index contributed by atoms with van der Waals surface area (Å²) in [7, 11) is 0. The van der Waals surface area contributed by atoms with Gasteiger partial charge in [0.15, 0.2) is 5.69 Å². The molecule has 5 heteroatoms. The fourth-order valence-corrected chi connectivity index (χ4v) is 2.75. The van der Waals surface area contributed by atoms with Crippen molar-refractivity contribution in [2.45, 2.75) is 32.7 Å². The number of carbonyl (C=O) groups excluding carboxylic acids is 1. The van der Waals surface area contributed by atoms with E-state index >= 15 is 0 Å². The summed E-state index contributed by atoms with van der Waals surface area (Å²) in [5, 5.41) is 7.52. The molecular formula is C16H17ClN2O2. The largest absolute Gasteiger partial charge is 0.360 e. The second kappa shape index (κ2) is 5.90. The van der Waals surface area contributed by atoms with Gasteiger partial charge in [-0.1, -0.05) is 35.8 Å². The minimum atomic E-state index is -0.177. The van der Waals surface area contributed by atoms with Gasteiger partial charge in [0, 0.05) is 23.6 Å². The maximum Gasteiger partial charge on any atom is 0.274 e. The van der Waals surface area contributed by atoms with Crippen LogP contribution in [0, 0.1) is 5.92 Å². The zero-order valence-electron chi connectivity index (χ0n) is 11.9. The number of rotatable bonds is 3. The Kier molecular flexibility index (Phi) is 3.97. The van der Waals surface area contributed by atoms with E-state index in [1.807, 2.05) is 24.3 Å². The van der Waals surface area contributed by atoms with Crippen LogP contribution in [0.25, 0.3) is 0 Å². The maximum absolute atomic E-state index is 12.3. The third kappa shape index (κ3) is 3.10. The third-order valence-corrected chi connectivity index (χ3v) is 4.12. The van der Waals surface area contributed by atoms with Gasteiger partial charge in [0.25, 0.3) is 5.91 Å². The van der Waals surface area contributed by atoms with Crippen molar-refractivity contribution in [3.63, 3.8) is 0 Å². The van der Waals surface area contributed by atoms with Crippen LogP contribution in [0.1, 0.15) is 40.7 Å². The number of aromatic nitrogens is 1. The zero-order valence-corrected chi connectivity index (χ0v) is 12.6. The summed E-state index contributed by atoms with van der Waals surface area (Å²) >= 11 is 5.84. The van der Waals surface area contributed by atoms with Crippen LogP contribution in [0.3, 0.4) is 0 Å². The van der Waals surface area contributed by atoms with Crippen molar-refractivity contribution in [3.05, 3.63) is 51.9 Å². The quantitative estimate of drug-likeness (QED) is 0.945. The molecule has 1 aromatic heterocycles.